The molecule has 18 heavy (non-hydrogen) atoms. The molecule has 1 aliphatic rings. The molecule has 0 radical (unpaired) electrons. The summed E-state index contributed by atoms with van der Waals surface area (Å²) in [7, 11) is 1.53. The molecule has 0 saturated heterocycles. The molecule has 1 aromatic carbocycles. The highest BCUT2D eigenvalue weighted by Crippen LogP contribution is 2.47. The van der Waals surface area contributed by atoms with E-state index in [1.165, 1.54) is 7.11 Å². The van der Waals surface area contributed by atoms with Crippen molar-refractivity contribution in [1.82, 2.24) is 0 Å². The molecule has 1 fully saturated rings. The number of amides is 1. The molecule has 3 N–H and O–H groups in total. The Labute approximate surface area is 115 Å². The lowest BCUT2D eigenvalue weighted by atomic mass is 10.1. The van der Waals surface area contributed by atoms with Crippen LogP contribution in [0.4, 0.5) is 5.69 Å². The Balaban J connectivity index is 2.22. The highest BCUT2D eigenvalue weighted by molar-refractivity contribution is 7.80. The molecule has 0 unspecified atom stereocenters. The van der Waals surface area contributed by atoms with E-state index in [0.29, 0.717) is 29.3 Å². The average Bonchev–Trinajstić information content (AvgIpc) is 3.10. The molecular formula is C12H13ClN2O2S. The number of hydrogen-bond acceptors (Lipinski definition) is 3. The molecule has 6 heteroatoms. The minimum Gasteiger partial charge on any atom is -0.495 e. The van der Waals surface area contributed by atoms with Gasteiger partial charge in [0, 0.05) is 5.02 Å². The van der Waals surface area contributed by atoms with Crippen LogP contribution < -0.4 is 15.8 Å². The molecule has 4 nitrogen and oxygen atoms in total. The largest absolute Gasteiger partial charge is 0.495 e. The first-order valence-electron chi connectivity index (χ1n) is 5.44. The van der Waals surface area contributed by atoms with Gasteiger partial charge in [-0.15, -0.1) is 0 Å². The molecule has 1 aliphatic carbocycles. The van der Waals surface area contributed by atoms with E-state index in [-0.39, 0.29) is 10.9 Å². The number of halogens is 1. The van der Waals surface area contributed by atoms with Gasteiger partial charge in [0.1, 0.15) is 5.75 Å². The van der Waals surface area contributed by atoms with Gasteiger partial charge in [0.05, 0.1) is 23.2 Å². The molecule has 96 valence electrons. The quantitative estimate of drug-likeness (QED) is 0.833. The maximum absolute atomic E-state index is 12.1. The number of nitrogens with two attached hydrogens (primary N) is 1. The normalized spacial score (nSPS) is 15.9. The van der Waals surface area contributed by atoms with Crippen LogP contribution in [0.2, 0.25) is 5.02 Å². The van der Waals surface area contributed by atoms with Crippen LogP contribution in [0, 0.1) is 5.41 Å². The summed E-state index contributed by atoms with van der Waals surface area (Å²) in [4.78, 5) is 12.4. The van der Waals surface area contributed by atoms with Gasteiger partial charge in [0.2, 0.25) is 5.91 Å². The van der Waals surface area contributed by atoms with Gasteiger partial charge in [-0.1, -0.05) is 23.8 Å². The van der Waals surface area contributed by atoms with Crippen molar-refractivity contribution in [3.8, 4) is 5.75 Å². The van der Waals surface area contributed by atoms with Gasteiger partial charge in [-0.2, -0.15) is 0 Å². The van der Waals surface area contributed by atoms with E-state index in [4.69, 9.17) is 34.3 Å². The number of ether oxygens (including phenoxy) is 1. The second-order valence-electron chi connectivity index (χ2n) is 4.25. The van der Waals surface area contributed by atoms with E-state index in [9.17, 15) is 4.79 Å². The molecule has 0 aromatic heterocycles. The van der Waals surface area contributed by atoms with Gasteiger partial charge in [-0.25, -0.2) is 0 Å². The number of hydrogen-bond donors (Lipinski definition) is 2. The Bertz CT molecular complexity index is 515. The highest BCUT2D eigenvalue weighted by Gasteiger charge is 2.52. The van der Waals surface area contributed by atoms with E-state index in [1.54, 1.807) is 18.2 Å². The van der Waals surface area contributed by atoms with Crippen LogP contribution in [0.3, 0.4) is 0 Å². The molecule has 0 bridgehead atoms. The molecular weight excluding hydrogens is 272 g/mol. The first-order valence-corrected chi connectivity index (χ1v) is 6.23. The molecule has 0 spiro atoms. The molecule has 1 saturated carbocycles. The molecule has 0 heterocycles. The zero-order chi connectivity index (χ0) is 13.3. The molecule has 2 rings (SSSR count). The maximum Gasteiger partial charge on any atom is 0.237 e. The number of carbonyl (C=O) groups excluding carboxylic acids is 1. The minimum atomic E-state index is -0.692. The van der Waals surface area contributed by atoms with Crippen LogP contribution >= 0.6 is 23.8 Å². The second kappa shape index (κ2) is 4.74. The number of methoxy groups -OCH3 is 1. The number of carbonyl (C=O) groups is 1. The SMILES string of the molecule is COc1ccc(Cl)cc1NC(=O)C1(C(N)=S)CC1. The molecule has 1 aromatic rings. The third-order valence-corrected chi connectivity index (χ3v) is 3.69. The predicted octanol–water partition coefficient (Wildman–Crippen LogP) is 2.35. The van der Waals surface area contributed by atoms with E-state index >= 15 is 0 Å². The monoisotopic (exact) mass is 284 g/mol. The lowest BCUT2D eigenvalue weighted by molar-refractivity contribution is -0.118. The third kappa shape index (κ3) is 2.28. The van der Waals surface area contributed by atoms with Gasteiger partial charge in [0.15, 0.2) is 0 Å². The van der Waals surface area contributed by atoms with Crippen molar-refractivity contribution in [3.63, 3.8) is 0 Å². The van der Waals surface area contributed by atoms with Crippen molar-refractivity contribution in [2.45, 2.75) is 12.8 Å². The lowest BCUT2D eigenvalue weighted by Gasteiger charge is -2.15. The van der Waals surface area contributed by atoms with Gasteiger partial charge in [-0.3, -0.25) is 4.79 Å². The van der Waals surface area contributed by atoms with Crippen molar-refractivity contribution in [1.29, 1.82) is 0 Å². The summed E-state index contributed by atoms with van der Waals surface area (Å²) < 4.78 is 5.16. The fraction of sp³-hybridized carbons (Fsp3) is 0.333. The first-order chi connectivity index (χ1) is 8.49. The summed E-state index contributed by atoms with van der Waals surface area (Å²) in [6.07, 6.45) is 1.38. The Morgan fingerprint density at radius 2 is 2.22 bits per heavy atom. The molecule has 1 amide bonds. The van der Waals surface area contributed by atoms with Gasteiger partial charge < -0.3 is 15.8 Å². The van der Waals surface area contributed by atoms with E-state index in [0.717, 1.165) is 0 Å². The predicted molar refractivity (Wildman–Crippen MR) is 75.1 cm³/mol. The lowest BCUT2D eigenvalue weighted by Crippen LogP contribution is -2.35. The number of benzene rings is 1. The van der Waals surface area contributed by atoms with E-state index in [1.807, 2.05) is 0 Å². The third-order valence-electron chi connectivity index (χ3n) is 3.07. The van der Waals surface area contributed by atoms with Crippen LogP contribution in [0.5, 0.6) is 5.75 Å². The van der Waals surface area contributed by atoms with Crippen molar-refractivity contribution in [2.75, 3.05) is 12.4 Å². The second-order valence-corrected chi connectivity index (χ2v) is 5.12. The van der Waals surface area contributed by atoms with Crippen LogP contribution in [0.15, 0.2) is 18.2 Å². The van der Waals surface area contributed by atoms with E-state index in [2.05, 4.69) is 5.32 Å². The Morgan fingerprint density at radius 3 is 2.72 bits per heavy atom. The molecule has 0 aliphatic heterocycles. The summed E-state index contributed by atoms with van der Waals surface area (Å²) in [5, 5.41) is 3.29. The van der Waals surface area contributed by atoms with Gasteiger partial charge in [-0.05, 0) is 31.0 Å². The Kier molecular flexibility index (Phi) is 3.45. The zero-order valence-corrected chi connectivity index (χ0v) is 11.4. The van der Waals surface area contributed by atoms with Gasteiger partial charge in [0.25, 0.3) is 0 Å². The van der Waals surface area contributed by atoms with Crippen molar-refractivity contribution >= 4 is 40.4 Å². The highest BCUT2D eigenvalue weighted by atomic mass is 35.5. The number of anilines is 1. The summed E-state index contributed by atoms with van der Waals surface area (Å²) in [5.74, 6) is 0.349. The number of rotatable bonds is 4. The fourth-order valence-corrected chi connectivity index (χ4v) is 2.20. The number of thiocarbonyl (C=S) groups is 1. The summed E-state index contributed by atoms with van der Waals surface area (Å²) >= 11 is 10.8. The average molecular weight is 285 g/mol. The van der Waals surface area contributed by atoms with Crippen LogP contribution in [-0.2, 0) is 4.79 Å². The maximum atomic E-state index is 12.1. The summed E-state index contributed by atoms with van der Waals surface area (Å²) in [5.41, 5.74) is 5.43. The summed E-state index contributed by atoms with van der Waals surface area (Å²) in [6, 6.07) is 5.02. The van der Waals surface area contributed by atoms with Crippen LogP contribution in [0.1, 0.15) is 12.8 Å². The minimum absolute atomic E-state index is 0.199. The Morgan fingerprint density at radius 1 is 1.56 bits per heavy atom. The van der Waals surface area contributed by atoms with Gasteiger partial charge >= 0.3 is 0 Å². The smallest absolute Gasteiger partial charge is 0.237 e. The van der Waals surface area contributed by atoms with Crippen LogP contribution in [-0.4, -0.2) is 18.0 Å². The van der Waals surface area contributed by atoms with Crippen molar-refractivity contribution < 1.29 is 9.53 Å². The number of nitrogens with one attached hydrogen (secondary N) is 1. The fourth-order valence-electron chi connectivity index (χ4n) is 1.73. The van der Waals surface area contributed by atoms with Crippen molar-refractivity contribution in [2.24, 2.45) is 11.1 Å². The molecule has 0 atom stereocenters. The Hall–Kier alpha value is -1.33. The topological polar surface area (TPSA) is 64.3 Å². The van der Waals surface area contributed by atoms with Crippen molar-refractivity contribution in [3.05, 3.63) is 23.2 Å². The zero-order valence-electron chi connectivity index (χ0n) is 9.83. The summed E-state index contributed by atoms with van der Waals surface area (Å²) in [6.45, 7) is 0. The standard InChI is InChI=1S/C12H13ClN2O2S/c1-17-9-3-2-7(13)6-8(9)15-11(16)12(4-5-12)10(14)18/h2-3,6H,4-5H2,1H3,(H2,14,18)(H,15,16). The van der Waals surface area contributed by atoms with E-state index < -0.39 is 5.41 Å². The first kappa shape index (κ1) is 13.1. The van der Waals surface area contributed by atoms with Crippen LogP contribution in [0.25, 0.3) is 0 Å².